The first-order valence-corrected chi connectivity index (χ1v) is 7.36. The highest BCUT2D eigenvalue weighted by Crippen LogP contribution is 2.22. The monoisotopic (exact) mass is 340 g/mol. The van der Waals surface area contributed by atoms with Crippen molar-refractivity contribution in [3.63, 3.8) is 0 Å². The number of rotatable bonds is 3. The predicted octanol–water partition coefficient (Wildman–Crippen LogP) is 4.17. The van der Waals surface area contributed by atoms with Crippen LogP contribution in [-0.4, -0.2) is 15.6 Å². The van der Waals surface area contributed by atoms with Gasteiger partial charge in [0.2, 0.25) is 5.78 Å². The van der Waals surface area contributed by atoms with E-state index in [0.717, 1.165) is 15.7 Å². The minimum atomic E-state index is -0.0491. The molecule has 0 saturated carbocycles. The molecule has 0 atom stereocenters. The lowest BCUT2D eigenvalue weighted by molar-refractivity contribution is 0.103. The van der Waals surface area contributed by atoms with Crippen LogP contribution < -0.4 is 0 Å². The van der Waals surface area contributed by atoms with Crippen molar-refractivity contribution in [2.24, 2.45) is 0 Å². The maximum Gasteiger partial charge on any atom is 0.212 e. The average Bonchev–Trinajstić information content (AvgIpc) is 2.99. The Morgan fingerprint density at radius 3 is 2.62 bits per heavy atom. The average molecular weight is 341 g/mol. The van der Waals surface area contributed by atoms with Crippen LogP contribution in [0.25, 0.3) is 5.69 Å². The second-order valence-corrected chi connectivity index (χ2v) is 5.63. The Balaban J connectivity index is 2.08. The first kappa shape index (κ1) is 13.8. The molecule has 4 heteroatoms. The lowest BCUT2D eigenvalue weighted by Crippen LogP contribution is -2.10. The van der Waals surface area contributed by atoms with Gasteiger partial charge >= 0.3 is 0 Å². The molecule has 3 rings (SSSR count). The Bertz CT molecular complexity index is 794. The molecule has 2 aromatic carbocycles. The third kappa shape index (κ3) is 2.67. The zero-order valence-corrected chi connectivity index (χ0v) is 13.0. The fraction of sp³-hybridized carbons (Fsp3) is 0.0588. The number of aromatic nitrogens is 2. The van der Waals surface area contributed by atoms with Gasteiger partial charge in [-0.2, -0.15) is 5.10 Å². The highest BCUT2D eigenvalue weighted by molar-refractivity contribution is 9.10. The zero-order valence-electron chi connectivity index (χ0n) is 11.5. The fourth-order valence-corrected chi connectivity index (χ4v) is 2.63. The third-order valence-corrected chi connectivity index (χ3v) is 3.93. The van der Waals surface area contributed by atoms with Crippen LogP contribution in [0.2, 0.25) is 0 Å². The number of ketones is 1. The SMILES string of the molecule is Cc1ccc(Br)c(C(=O)c2ccnn2-c2ccccc2)c1. The third-order valence-electron chi connectivity index (χ3n) is 3.24. The van der Waals surface area contributed by atoms with E-state index in [9.17, 15) is 4.79 Å². The summed E-state index contributed by atoms with van der Waals surface area (Å²) in [6, 6.07) is 17.1. The Hall–Kier alpha value is -2.20. The molecule has 0 saturated heterocycles. The van der Waals surface area contributed by atoms with Crippen LogP contribution in [0.3, 0.4) is 0 Å². The number of hydrogen-bond donors (Lipinski definition) is 0. The number of carbonyl (C=O) groups excluding carboxylic acids is 1. The molecule has 0 aliphatic rings. The first-order chi connectivity index (χ1) is 10.2. The number of nitrogens with zero attached hydrogens (tertiary/aromatic N) is 2. The topological polar surface area (TPSA) is 34.9 Å². The molecule has 0 aliphatic heterocycles. The van der Waals surface area contributed by atoms with Crippen molar-refractivity contribution in [3.8, 4) is 5.69 Å². The summed E-state index contributed by atoms with van der Waals surface area (Å²) in [6.07, 6.45) is 1.64. The number of para-hydroxylation sites is 1. The van der Waals surface area contributed by atoms with E-state index >= 15 is 0 Å². The van der Waals surface area contributed by atoms with Crippen molar-refractivity contribution in [3.05, 3.63) is 82.1 Å². The number of aryl methyl sites for hydroxylation is 1. The standard InChI is InChI=1S/C17H13BrN2O/c1-12-7-8-15(18)14(11-12)17(21)16-9-10-19-20(16)13-5-3-2-4-6-13/h2-11H,1H3. The minimum absolute atomic E-state index is 0.0491. The summed E-state index contributed by atoms with van der Waals surface area (Å²) in [5, 5.41) is 4.27. The Morgan fingerprint density at radius 1 is 1.10 bits per heavy atom. The smallest absolute Gasteiger partial charge is 0.212 e. The van der Waals surface area contributed by atoms with Crippen molar-refractivity contribution >= 4 is 21.7 Å². The van der Waals surface area contributed by atoms with Gasteiger partial charge in [0, 0.05) is 10.0 Å². The molecule has 0 fully saturated rings. The highest BCUT2D eigenvalue weighted by atomic mass is 79.9. The van der Waals surface area contributed by atoms with Crippen LogP contribution >= 0.6 is 15.9 Å². The Kier molecular flexibility index (Phi) is 3.71. The molecule has 21 heavy (non-hydrogen) atoms. The van der Waals surface area contributed by atoms with Crippen LogP contribution in [0.1, 0.15) is 21.6 Å². The van der Waals surface area contributed by atoms with Gasteiger partial charge in [0.1, 0.15) is 5.69 Å². The molecule has 1 heterocycles. The summed E-state index contributed by atoms with van der Waals surface area (Å²) >= 11 is 3.45. The molecular formula is C17H13BrN2O. The zero-order chi connectivity index (χ0) is 14.8. The van der Waals surface area contributed by atoms with E-state index in [0.29, 0.717) is 11.3 Å². The molecule has 1 aromatic heterocycles. The van der Waals surface area contributed by atoms with Crippen LogP contribution in [0, 0.1) is 6.92 Å². The van der Waals surface area contributed by atoms with Crippen LogP contribution in [-0.2, 0) is 0 Å². The molecular weight excluding hydrogens is 328 g/mol. The molecule has 0 bridgehead atoms. The summed E-state index contributed by atoms with van der Waals surface area (Å²) < 4.78 is 2.45. The molecule has 104 valence electrons. The molecule has 0 N–H and O–H groups in total. The summed E-state index contributed by atoms with van der Waals surface area (Å²) in [7, 11) is 0. The maximum atomic E-state index is 12.8. The largest absolute Gasteiger partial charge is 0.287 e. The molecule has 0 aliphatic carbocycles. The summed E-state index contributed by atoms with van der Waals surface area (Å²) in [5.74, 6) is -0.0491. The van der Waals surface area contributed by atoms with Crippen LogP contribution in [0.5, 0.6) is 0 Å². The molecule has 3 aromatic rings. The van der Waals surface area contributed by atoms with Crippen molar-refractivity contribution in [1.82, 2.24) is 9.78 Å². The summed E-state index contributed by atoms with van der Waals surface area (Å²) in [6.45, 7) is 1.97. The van der Waals surface area contributed by atoms with E-state index in [-0.39, 0.29) is 5.78 Å². The van der Waals surface area contributed by atoms with Gasteiger partial charge < -0.3 is 0 Å². The van der Waals surface area contributed by atoms with E-state index in [1.165, 1.54) is 0 Å². The van der Waals surface area contributed by atoms with Gasteiger partial charge in [-0.15, -0.1) is 0 Å². The van der Waals surface area contributed by atoms with E-state index < -0.39 is 0 Å². The maximum absolute atomic E-state index is 12.8. The molecule has 0 unspecified atom stereocenters. The van der Waals surface area contributed by atoms with Gasteiger partial charge in [-0.05, 0) is 37.3 Å². The second kappa shape index (κ2) is 5.66. The van der Waals surface area contributed by atoms with Crippen LogP contribution in [0.4, 0.5) is 0 Å². The van der Waals surface area contributed by atoms with Gasteiger partial charge in [0.15, 0.2) is 0 Å². The highest BCUT2D eigenvalue weighted by Gasteiger charge is 2.17. The number of halogens is 1. The van der Waals surface area contributed by atoms with E-state index in [1.807, 2.05) is 55.5 Å². The van der Waals surface area contributed by atoms with Crippen molar-refractivity contribution in [2.45, 2.75) is 6.92 Å². The Labute approximate surface area is 131 Å². The van der Waals surface area contributed by atoms with Crippen molar-refractivity contribution in [2.75, 3.05) is 0 Å². The lowest BCUT2D eigenvalue weighted by atomic mass is 10.1. The van der Waals surface area contributed by atoms with Gasteiger partial charge in [0.05, 0.1) is 11.9 Å². The predicted molar refractivity (Wildman–Crippen MR) is 85.9 cm³/mol. The van der Waals surface area contributed by atoms with Gasteiger partial charge in [-0.1, -0.05) is 45.8 Å². The van der Waals surface area contributed by atoms with Crippen molar-refractivity contribution < 1.29 is 4.79 Å². The van der Waals surface area contributed by atoms with Gasteiger partial charge in [-0.25, -0.2) is 4.68 Å². The van der Waals surface area contributed by atoms with E-state index in [1.54, 1.807) is 16.9 Å². The van der Waals surface area contributed by atoms with Crippen molar-refractivity contribution in [1.29, 1.82) is 0 Å². The quantitative estimate of drug-likeness (QED) is 0.670. The fourth-order valence-electron chi connectivity index (χ4n) is 2.20. The normalized spacial score (nSPS) is 10.6. The molecule has 0 radical (unpaired) electrons. The summed E-state index contributed by atoms with van der Waals surface area (Å²) in [5.41, 5.74) is 3.11. The van der Waals surface area contributed by atoms with Gasteiger partial charge in [-0.3, -0.25) is 4.79 Å². The number of hydrogen-bond acceptors (Lipinski definition) is 2. The Morgan fingerprint density at radius 2 is 1.86 bits per heavy atom. The summed E-state index contributed by atoms with van der Waals surface area (Å²) in [4.78, 5) is 12.8. The molecule has 3 nitrogen and oxygen atoms in total. The van der Waals surface area contributed by atoms with Crippen LogP contribution in [0.15, 0.2) is 65.3 Å². The minimum Gasteiger partial charge on any atom is -0.287 e. The second-order valence-electron chi connectivity index (χ2n) is 4.78. The molecule has 0 amide bonds. The number of benzene rings is 2. The van der Waals surface area contributed by atoms with Gasteiger partial charge in [0.25, 0.3) is 0 Å². The van der Waals surface area contributed by atoms with E-state index in [2.05, 4.69) is 21.0 Å². The number of carbonyl (C=O) groups is 1. The van der Waals surface area contributed by atoms with E-state index in [4.69, 9.17) is 0 Å². The molecule has 0 spiro atoms. The lowest BCUT2D eigenvalue weighted by Gasteiger charge is -2.08. The first-order valence-electron chi connectivity index (χ1n) is 6.57.